The van der Waals surface area contributed by atoms with Crippen LogP contribution < -0.4 is 0 Å². The summed E-state index contributed by atoms with van der Waals surface area (Å²) in [5, 5.41) is 0. The summed E-state index contributed by atoms with van der Waals surface area (Å²) >= 11 is 0. The second-order valence-corrected chi connectivity index (χ2v) is 4.25. The van der Waals surface area contributed by atoms with E-state index in [0.717, 1.165) is 0 Å². The summed E-state index contributed by atoms with van der Waals surface area (Å²) in [6.07, 6.45) is -1.82. The Hall–Kier alpha value is -0.490. The van der Waals surface area contributed by atoms with E-state index in [2.05, 4.69) is 0 Å². The van der Waals surface area contributed by atoms with E-state index in [1.54, 1.807) is 13.8 Å². The summed E-state index contributed by atoms with van der Waals surface area (Å²) < 4.78 is 21.7. The quantitative estimate of drug-likeness (QED) is 0.543. The fourth-order valence-electron chi connectivity index (χ4n) is 2.14. The molecule has 14 heavy (non-hydrogen) atoms. The van der Waals surface area contributed by atoms with Crippen LogP contribution in [0.3, 0.4) is 0 Å². The third-order valence-corrected chi connectivity index (χ3v) is 2.71. The molecule has 4 atom stereocenters. The number of rotatable bonds is 0. The zero-order chi connectivity index (χ0) is 9.92. The lowest BCUT2D eigenvalue weighted by Crippen LogP contribution is -2.49. The molecule has 5 heteroatoms. The van der Waals surface area contributed by atoms with Crippen LogP contribution in [0.15, 0.2) is 0 Å². The summed E-state index contributed by atoms with van der Waals surface area (Å²) in [5.41, 5.74) is 0. The predicted octanol–water partition coefficient (Wildman–Crippen LogP) is -0.169. The fraction of sp³-hybridized carbons (Fsp3) is 0.889. The third kappa shape index (κ3) is 1.07. The highest BCUT2D eigenvalue weighted by atomic mass is 16.8. The van der Waals surface area contributed by atoms with E-state index in [9.17, 15) is 4.79 Å². The lowest BCUT2D eigenvalue weighted by Gasteiger charge is -2.25. The van der Waals surface area contributed by atoms with Gasteiger partial charge in [0.25, 0.3) is 0 Å². The number of ketones is 1. The molecule has 0 saturated carbocycles. The van der Waals surface area contributed by atoms with Gasteiger partial charge in [-0.1, -0.05) is 0 Å². The molecule has 0 radical (unpaired) electrons. The second-order valence-electron chi connectivity index (χ2n) is 4.25. The first kappa shape index (κ1) is 8.79. The number of hydrogen-bond donors (Lipinski definition) is 0. The average molecular weight is 200 g/mol. The number of carbonyl (C=O) groups excluding carboxylic acids is 1. The molecule has 78 valence electrons. The van der Waals surface area contributed by atoms with Crippen molar-refractivity contribution in [2.24, 2.45) is 0 Å². The first-order valence-electron chi connectivity index (χ1n) is 4.73. The van der Waals surface area contributed by atoms with Gasteiger partial charge in [-0.15, -0.1) is 0 Å². The highest BCUT2D eigenvalue weighted by Gasteiger charge is 2.58. The van der Waals surface area contributed by atoms with Gasteiger partial charge in [-0.25, -0.2) is 0 Å². The second kappa shape index (κ2) is 2.55. The van der Waals surface area contributed by atoms with Crippen LogP contribution in [0.4, 0.5) is 0 Å². The highest BCUT2D eigenvalue weighted by molar-refractivity contribution is 5.89. The highest BCUT2D eigenvalue weighted by Crippen LogP contribution is 2.38. The number of ether oxygens (including phenoxy) is 4. The van der Waals surface area contributed by atoms with Gasteiger partial charge in [-0.3, -0.25) is 4.79 Å². The molecule has 3 heterocycles. The van der Waals surface area contributed by atoms with Crippen LogP contribution in [0.2, 0.25) is 0 Å². The maximum atomic E-state index is 11.7. The van der Waals surface area contributed by atoms with Crippen LogP contribution in [0.25, 0.3) is 0 Å². The lowest BCUT2D eigenvalue weighted by atomic mass is 10.0. The van der Waals surface area contributed by atoms with Crippen molar-refractivity contribution in [2.75, 3.05) is 6.61 Å². The summed E-state index contributed by atoms with van der Waals surface area (Å²) in [5.74, 6) is -0.781. The molecule has 0 aliphatic carbocycles. The van der Waals surface area contributed by atoms with E-state index in [1.807, 2.05) is 0 Å². The number of hydrogen-bond acceptors (Lipinski definition) is 5. The van der Waals surface area contributed by atoms with Gasteiger partial charge in [0.05, 0.1) is 6.61 Å². The van der Waals surface area contributed by atoms with Crippen molar-refractivity contribution in [3.8, 4) is 0 Å². The van der Waals surface area contributed by atoms with Crippen molar-refractivity contribution in [3.63, 3.8) is 0 Å². The van der Waals surface area contributed by atoms with Crippen LogP contribution in [-0.4, -0.2) is 42.8 Å². The van der Waals surface area contributed by atoms with E-state index < -0.39 is 30.4 Å². The van der Waals surface area contributed by atoms with Crippen LogP contribution >= 0.6 is 0 Å². The van der Waals surface area contributed by atoms with Crippen molar-refractivity contribution < 1.29 is 23.7 Å². The van der Waals surface area contributed by atoms with Crippen LogP contribution in [0.1, 0.15) is 13.8 Å². The molecule has 0 aromatic carbocycles. The van der Waals surface area contributed by atoms with Gasteiger partial charge in [-0.05, 0) is 13.8 Å². The molecule has 0 spiro atoms. The monoisotopic (exact) mass is 200 g/mol. The Kier molecular flexibility index (Phi) is 1.60. The van der Waals surface area contributed by atoms with Gasteiger partial charge in [0.1, 0.15) is 12.2 Å². The summed E-state index contributed by atoms with van der Waals surface area (Å²) in [4.78, 5) is 11.7. The number of carbonyl (C=O) groups is 1. The number of fused-ring (bicyclic) bond motifs is 4. The smallest absolute Gasteiger partial charge is 0.195 e. The van der Waals surface area contributed by atoms with Crippen LogP contribution in [0.5, 0.6) is 0 Å². The SMILES string of the molecule is CC1(C)O[C@@H]2[C@@H]3OC[C@@H](O3)C(=O)[C@@H]2O1. The van der Waals surface area contributed by atoms with E-state index in [1.165, 1.54) is 0 Å². The third-order valence-electron chi connectivity index (χ3n) is 2.71. The molecule has 3 fully saturated rings. The molecule has 0 aromatic rings. The molecule has 2 bridgehead atoms. The Morgan fingerprint density at radius 3 is 2.93 bits per heavy atom. The average Bonchev–Trinajstić information content (AvgIpc) is 2.64. The maximum Gasteiger partial charge on any atom is 0.195 e. The first-order chi connectivity index (χ1) is 6.57. The molecule has 0 unspecified atom stereocenters. The molecular weight excluding hydrogens is 188 g/mol. The molecule has 3 aliphatic rings. The summed E-state index contributed by atoms with van der Waals surface area (Å²) in [6.45, 7) is 3.89. The number of Topliss-reactive ketones (excluding diaryl/α,β-unsaturated/α-hetero) is 1. The molecular formula is C9H12O5. The molecule has 3 saturated heterocycles. The van der Waals surface area contributed by atoms with Gasteiger partial charge in [0.2, 0.25) is 0 Å². The minimum Gasteiger partial charge on any atom is -0.347 e. The summed E-state index contributed by atoms with van der Waals surface area (Å²) in [7, 11) is 0. The Labute approximate surface area is 81.3 Å². The molecule has 0 amide bonds. The fourth-order valence-corrected chi connectivity index (χ4v) is 2.14. The standard InChI is InChI=1S/C9H12O5/c1-9(2)13-6-5(10)4-3-11-8(12-4)7(6)14-9/h4,6-8H,3H2,1-2H3/t4-,6+,7+,8-/m1/s1. The molecule has 3 aliphatic heterocycles. The lowest BCUT2D eigenvalue weighted by molar-refractivity contribution is -0.187. The van der Waals surface area contributed by atoms with Crippen LogP contribution in [-0.2, 0) is 23.7 Å². The zero-order valence-electron chi connectivity index (χ0n) is 8.06. The topological polar surface area (TPSA) is 54.0 Å². The molecule has 3 rings (SSSR count). The van der Waals surface area contributed by atoms with E-state index >= 15 is 0 Å². The van der Waals surface area contributed by atoms with E-state index in [-0.39, 0.29) is 5.78 Å². The molecule has 0 aromatic heterocycles. The minimum atomic E-state index is -0.720. The van der Waals surface area contributed by atoms with Crippen molar-refractivity contribution in [3.05, 3.63) is 0 Å². The van der Waals surface area contributed by atoms with Gasteiger partial charge in [0.15, 0.2) is 24.0 Å². The normalized spacial score (nSPS) is 49.4. The van der Waals surface area contributed by atoms with Crippen molar-refractivity contribution in [1.82, 2.24) is 0 Å². The largest absolute Gasteiger partial charge is 0.347 e. The van der Waals surface area contributed by atoms with Crippen LogP contribution in [0, 0.1) is 0 Å². The van der Waals surface area contributed by atoms with Gasteiger partial charge < -0.3 is 18.9 Å². The van der Waals surface area contributed by atoms with Crippen molar-refractivity contribution in [1.29, 1.82) is 0 Å². The zero-order valence-corrected chi connectivity index (χ0v) is 8.06. The first-order valence-corrected chi connectivity index (χ1v) is 4.73. The maximum absolute atomic E-state index is 11.7. The van der Waals surface area contributed by atoms with Crippen molar-refractivity contribution >= 4 is 5.78 Å². The van der Waals surface area contributed by atoms with Crippen molar-refractivity contribution in [2.45, 2.75) is 44.2 Å². The van der Waals surface area contributed by atoms with Gasteiger partial charge >= 0.3 is 0 Å². The summed E-state index contributed by atoms with van der Waals surface area (Å²) in [6, 6.07) is 0. The Balaban J connectivity index is 1.92. The predicted molar refractivity (Wildman–Crippen MR) is 43.4 cm³/mol. The molecule has 0 N–H and O–H groups in total. The van der Waals surface area contributed by atoms with Gasteiger partial charge in [0, 0.05) is 0 Å². The van der Waals surface area contributed by atoms with E-state index in [4.69, 9.17) is 18.9 Å². The minimum absolute atomic E-state index is 0.0608. The Bertz CT molecular complexity index is 287. The Morgan fingerprint density at radius 1 is 1.36 bits per heavy atom. The molecule has 5 nitrogen and oxygen atoms in total. The van der Waals surface area contributed by atoms with E-state index in [0.29, 0.717) is 6.61 Å². The Morgan fingerprint density at radius 2 is 2.14 bits per heavy atom. The van der Waals surface area contributed by atoms with Gasteiger partial charge in [-0.2, -0.15) is 0 Å².